The number of hydrogen-bond acceptors (Lipinski definition) is 6. The molecule has 0 aliphatic carbocycles. The number of hydrogen-bond donors (Lipinski definition) is 0. The summed E-state index contributed by atoms with van der Waals surface area (Å²) >= 11 is 0. The molecule has 14 heteroatoms. The molecule has 0 heterocycles. The molecule has 0 N–H and O–H groups in total. The second-order valence-electron chi connectivity index (χ2n) is 7.92. The topological polar surface area (TPSA) is 86.7 Å². The van der Waals surface area contributed by atoms with Gasteiger partial charge in [0.05, 0.1) is 0 Å². The molecule has 0 amide bonds. The molecular formula is C9H26O6Si8. The van der Waals surface area contributed by atoms with Crippen molar-refractivity contribution in [3.63, 3.8) is 0 Å². The molecule has 130 valence electrons. The van der Waals surface area contributed by atoms with Crippen LogP contribution in [0, 0.1) is 0 Å². The fourth-order valence-electron chi connectivity index (χ4n) is 1.22. The quantitative estimate of drug-likeness (QED) is 0.459. The molecule has 0 bridgehead atoms. The summed E-state index contributed by atoms with van der Waals surface area (Å²) in [5, 5.41) is 0. The second kappa shape index (κ2) is 8.99. The molecule has 0 rings (SSSR count). The predicted octanol–water partition coefficient (Wildman–Crippen LogP) is 1.05. The van der Waals surface area contributed by atoms with Crippen LogP contribution in [0.2, 0.25) is 52.4 Å². The van der Waals surface area contributed by atoms with Gasteiger partial charge in [-0.05, 0) is 39.3 Å². The molecule has 0 saturated carbocycles. The van der Waals surface area contributed by atoms with Crippen LogP contribution in [0.1, 0.15) is 0 Å². The fraction of sp³-hybridized carbons (Fsp3) is 1.00. The van der Waals surface area contributed by atoms with Gasteiger partial charge >= 0.3 is 30.9 Å². The highest BCUT2D eigenvalue weighted by atomic mass is 29.9. The van der Waals surface area contributed by atoms with Crippen molar-refractivity contribution in [1.29, 1.82) is 0 Å². The zero-order valence-corrected chi connectivity index (χ0v) is 23.2. The smallest absolute Gasteiger partial charge is 0.375 e. The maximum atomic E-state index is 12.6. The van der Waals surface area contributed by atoms with Crippen LogP contribution in [0.15, 0.2) is 0 Å². The van der Waals surface area contributed by atoms with Crippen LogP contribution >= 0.6 is 0 Å². The van der Waals surface area contributed by atoms with E-state index in [1.54, 1.807) is 0 Å². The molecular weight excluding hydrogens is 429 g/mol. The Morgan fingerprint density at radius 3 is 1.65 bits per heavy atom. The highest BCUT2D eigenvalue weighted by Crippen LogP contribution is 2.10. The molecule has 6 nitrogen and oxygen atoms in total. The first-order valence-electron chi connectivity index (χ1n) is 7.32. The van der Waals surface area contributed by atoms with E-state index in [1.807, 2.05) is 52.4 Å². The first-order chi connectivity index (χ1) is 10.1. The molecule has 0 spiro atoms. The van der Waals surface area contributed by atoms with Crippen molar-refractivity contribution in [2.45, 2.75) is 52.4 Å². The lowest BCUT2D eigenvalue weighted by Crippen LogP contribution is -2.56. The molecule has 0 aliphatic heterocycles. The highest BCUT2D eigenvalue weighted by molar-refractivity contribution is 7.68. The third kappa shape index (κ3) is 9.80. The summed E-state index contributed by atoms with van der Waals surface area (Å²) < 4.78 is 60.7. The maximum absolute atomic E-state index is 12.6. The molecule has 0 atom stereocenters. The minimum Gasteiger partial charge on any atom is -0.454 e. The molecule has 0 aromatic carbocycles. The Labute approximate surface area is 149 Å². The van der Waals surface area contributed by atoms with E-state index in [0.717, 1.165) is 0 Å². The van der Waals surface area contributed by atoms with Crippen molar-refractivity contribution < 1.29 is 26.4 Å². The Morgan fingerprint density at radius 2 is 1.26 bits per heavy atom. The summed E-state index contributed by atoms with van der Waals surface area (Å²) in [6.45, 7) is 15.6. The van der Waals surface area contributed by atoms with Crippen LogP contribution in [0.25, 0.3) is 0 Å². The summed E-state index contributed by atoms with van der Waals surface area (Å²) in [4.78, 5) is 0. The third-order valence-corrected chi connectivity index (χ3v) is 45.6. The fourth-order valence-corrected chi connectivity index (χ4v) is 56.9. The van der Waals surface area contributed by atoms with Crippen LogP contribution in [-0.2, 0) is 26.4 Å². The van der Waals surface area contributed by atoms with E-state index in [0.29, 0.717) is 6.23 Å². The van der Waals surface area contributed by atoms with E-state index in [-0.39, 0.29) is 9.28 Å². The van der Waals surface area contributed by atoms with Crippen molar-refractivity contribution in [2.24, 2.45) is 0 Å². The average Bonchev–Trinajstić information content (AvgIpc) is 2.38. The van der Waals surface area contributed by atoms with E-state index in [4.69, 9.17) is 8.54 Å². The van der Waals surface area contributed by atoms with Crippen molar-refractivity contribution in [2.75, 3.05) is 6.23 Å². The van der Waals surface area contributed by atoms with E-state index in [2.05, 4.69) is 0 Å². The van der Waals surface area contributed by atoms with Crippen molar-refractivity contribution >= 4 is 64.4 Å². The lowest BCUT2D eigenvalue weighted by atomic mass is 11.7. The Kier molecular flexibility index (Phi) is 9.32. The van der Waals surface area contributed by atoms with Crippen molar-refractivity contribution in [3.05, 3.63) is 0 Å². The largest absolute Gasteiger partial charge is 0.454 e. The van der Waals surface area contributed by atoms with E-state index < -0.39 is 55.1 Å². The molecule has 0 aromatic heterocycles. The summed E-state index contributed by atoms with van der Waals surface area (Å²) in [5.74, 6) is 0. The van der Waals surface area contributed by atoms with Gasteiger partial charge in [-0.3, -0.25) is 0 Å². The Hall–Kier alpha value is 0.855. The Morgan fingerprint density at radius 1 is 0.783 bits per heavy atom. The number of rotatable bonds is 10. The summed E-state index contributed by atoms with van der Waals surface area (Å²) in [6.07, 6.45) is 0.362. The summed E-state index contributed by atoms with van der Waals surface area (Å²) in [6, 6.07) is 0. The zero-order valence-electron chi connectivity index (χ0n) is 15.2. The van der Waals surface area contributed by atoms with Crippen molar-refractivity contribution in [1.82, 2.24) is 0 Å². The van der Waals surface area contributed by atoms with E-state index in [9.17, 15) is 17.8 Å². The molecule has 23 heavy (non-hydrogen) atoms. The monoisotopic (exact) mass is 454 g/mol. The summed E-state index contributed by atoms with van der Waals surface area (Å²) in [5.41, 5.74) is 0. The zero-order chi connectivity index (χ0) is 18.6. The second-order valence-corrected chi connectivity index (χ2v) is 45.9. The van der Waals surface area contributed by atoms with Gasteiger partial charge in [0, 0.05) is 6.23 Å². The van der Waals surface area contributed by atoms with Gasteiger partial charge in [0.25, 0.3) is 9.28 Å². The van der Waals surface area contributed by atoms with Gasteiger partial charge < -0.3 is 26.4 Å². The Bertz CT molecular complexity index is 505. The molecule has 0 aromatic rings. The van der Waals surface area contributed by atoms with Gasteiger partial charge in [-0.2, -0.15) is 0 Å². The standard InChI is InChI=1S/C9H26O6Si8/c1-21(2,3)14-9-23(7,8)20(13)19(12)18(11)17(10)16-15-22(4,5)6/h9H2,1-8H3. The molecule has 0 fully saturated rings. The lowest BCUT2D eigenvalue weighted by molar-refractivity contribution is 0.374. The van der Waals surface area contributed by atoms with Gasteiger partial charge in [-0.25, -0.2) is 0 Å². The van der Waals surface area contributed by atoms with Gasteiger partial charge in [0.2, 0.25) is 0 Å². The Balaban J connectivity index is 4.84. The SMILES string of the molecule is C[Si](C)(C)OC[Si](C)(C)[Si](=O)[Si](=O)[Si](=O)[Si](=O)[Si]O[Si](C)(C)C. The predicted molar refractivity (Wildman–Crippen MR) is 103 cm³/mol. The minimum absolute atomic E-state index is 0.362. The van der Waals surface area contributed by atoms with Crippen LogP contribution < -0.4 is 0 Å². The normalized spacial score (nSPS) is 12.9. The first kappa shape index (κ1) is 23.9. The van der Waals surface area contributed by atoms with Crippen LogP contribution in [0.3, 0.4) is 0 Å². The summed E-state index contributed by atoms with van der Waals surface area (Å²) in [7, 11) is -17.1. The lowest BCUT2D eigenvalue weighted by Gasteiger charge is -2.24. The van der Waals surface area contributed by atoms with Gasteiger partial charge in [0.1, 0.15) is 7.59 Å². The van der Waals surface area contributed by atoms with Crippen LogP contribution in [-0.4, -0.2) is 70.6 Å². The highest BCUT2D eigenvalue weighted by Gasteiger charge is 2.46. The molecule has 0 unspecified atom stereocenters. The maximum Gasteiger partial charge on any atom is 0.375 e. The molecule has 2 radical (unpaired) electrons. The van der Waals surface area contributed by atoms with Gasteiger partial charge in [-0.1, -0.05) is 13.1 Å². The van der Waals surface area contributed by atoms with Gasteiger partial charge in [0.15, 0.2) is 16.6 Å². The van der Waals surface area contributed by atoms with Crippen molar-refractivity contribution in [3.8, 4) is 0 Å². The van der Waals surface area contributed by atoms with E-state index >= 15 is 0 Å². The average molecular weight is 455 g/mol. The van der Waals surface area contributed by atoms with Crippen LogP contribution in [0.5, 0.6) is 0 Å². The van der Waals surface area contributed by atoms with Crippen LogP contribution in [0.4, 0.5) is 0 Å². The van der Waals surface area contributed by atoms with E-state index in [1.165, 1.54) is 0 Å². The first-order valence-corrected chi connectivity index (χ1v) is 28.9. The molecule has 0 saturated heterocycles. The third-order valence-electron chi connectivity index (χ3n) is 2.55. The minimum atomic E-state index is -2.83. The van der Waals surface area contributed by atoms with Gasteiger partial charge in [-0.15, -0.1) is 0 Å². The molecule has 0 aliphatic rings.